The SMILES string of the molecule is CCCN(Cc1cccc(=O)n1Cc1ccccc1)C(CC)Cc1ccc([N+](=O)[O-])cc1. The average molecular weight is 434 g/mol. The molecule has 0 saturated carbocycles. The van der Waals surface area contributed by atoms with Crippen molar-refractivity contribution in [1.29, 1.82) is 0 Å². The van der Waals surface area contributed by atoms with Crippen molar-refractivity contribution in [3.05, 3.63) is 110 Å². The summed E-state index contributed by atoms with van der Waals surface area (Å²) in [6, 6.07) is 22.6. The second kappa shape index (κ2) is 11.4. The molecule has 3 rings (SSSR count). The van der Waals surface area contributed by atoms with Crippen LogP contribution in [0.15, 0.2) is 77.6 Å². The van der Waals surface area contributed by atoms with Gasteiger partial charge in [-0.15, -0.1) is 0 Å². The first-order chi connectivity index (χ1) is 15.5. The standard InChI is InChI=1S/C26H31N3O3/c1-3-17-27(23(4-2)18-21-13-15-24(16-14-21)29(31)32)20-25-11-8-12-26(30)28(25)19-22-9-6-5-7-10-22/h5-16,23H,3-4,17-20H2,1-2H3. The first kappa shape index (κ1) is 23.4. The van der Waals surface area contributed by atoms with Crippen LogP contribution in [-0.2, 0) is 19.5 Å². The summed E-state index contributed by atoms with van der Waals surface area (Å²) >= 11 is 0. The minimum Gasteiger partial charge on any atom is -0.307 e. The van der Waals surface area contributed by atoms with Gasteiger partial charge in [0.25, 0.3) is 11.2 Å². The van der Waals surface area contributed by atoms with Gasteiger partial charge >= 0.3 is 0 Å². The van der Waals surface area contributed by atoms with E-state index in [1.807, 2.05) is 59.2 Å². The quantitative estimate of drug-likeness (QED) is 0.314. The fraction of sp³-hybridized carbons (Fsp3) is 0.346. The van der Waals surface area contributed by atoms with E-state index in [2.05, 4.69) is 18.7 Å². The van der Waals surface area contributed by atoms with Gasteiger partial charge < -0.3 is 4.57 Å². The van der Waals surface area contributed by atoms with E-state index in [1.54, 1.807) is 18.2 Å². The Morgan fingerprint density at radius 2 is 1.66 bits per heavy atom. The lowest BCUT2D eigenvalue weighted by atomic mass is 10.0. The predicted octanol–water partition coefficient (Wildman–Crippen LogP) is 5.04. The Morgan fingerprint density at radius 1 is 0.938 bits per heavy atom. The van der Waals surface area contributed by atoms with E-state index in [9.17, 15) is 14.9 Å². The number of rotatable bonds is 11. The van der Waals surface area contributed by atoms with Crippen molar-refractivity contribution in [3.63, 3.8) is 0 Å². The molecule has 0 amide bonds. The Balaban J connectivity index is 1.82. The lowest BCUT2D eigenvalue weighted by Crippen LogP contribution is -2.38. The van der Waals surface area contributed by atoms with Gasteiger partial charge in [-0.1, -0.05) is 62.4 Å². The molecule has 0 fully saturated rings. The van der Waals surface area contributed by atoms with E-state index in [-0.39, 0.29) is 22.2 Å². The van der Waals surface area contributed by atoms with Crippen LogP contribution in [0.3, 0.4) is 0 Å². The highest BCUT2D eigenvalue weighted by Gasteiger charge is 2.19. The molecule has 1 unspecified atom stereocenters. The van der Waals surface area contributed by atoms with Gasteiger partial charge in [-0.05, 0) is 43.0 Å². The van der Waals surface area contributed by atoms with Crippen molar-refractivity contribution in [2.45, 2.75) is 52.2 Å². The molecule has 0 aliphatic heterocycles. The third-order valence-electron chi connectivity index (χ3n) is 5.81. The summed E-state index contributed by atoms with van der Waals surface area (Å²) in [4.78, 5) is 25.7. The molecule has 0 N–H and O–H groups in total. The minimum atomic E-state index is -0.369. The van der Waals surface area contributed by atoms with Crippen LogP contribution in [0.2, 0.25) is 0 Å². The van der Waals surface area contributed by atoms with Crippen molar-refractivity contribution < 1.29 is 4.92 Å². The van der Waals surface area contributed by atoms with E-state index >= 15 is 0 Å². The highest BCUT2D eigenvalue weighted by atomic mass is 16.6. The molecule has 1 aromatic heterocycles. The topological polar surface area (TPSA) is 68.4 Å². The molecule has 2 aromatic carbocycles. The van der Waals surface area contributed by atoms with Gasteiger partial charge in [0.2, 0.25) is 0 Å². The van der Waals surface area contributed by atoms with E-state index in [4.69, 9.17) is 0 Å². The van der Waals surface area contributed by atoms with Crippen LogP contribution < -0.4 is 5.56 Å². The van der Waals surface area contributed by atoms with Crippen LogP contribution in [0.1, 0.15) is 43.5 Å². The van der Waals surface area contributed by atoms with E-state index in [0.29, 0.717) is 13.1 Å². The molecule has 6 nitrogen and oxygen atoms in total. The second-order valence-corrected chi connectivity index (χ2v) is 8.09. The van der Waals surface area contributed by atoms with Gasteiger partial charge in [-0.2, -0.15) is 0 Å². The third-order valence-corrected chi connectivity index (χ3v) is 5.81. The number of hydrogen-bond acceptors (Lipinski definition) is 4. The Bertz CT molecular complexity index is 1060. The first-order valence-electron chi connectivity index (χ1n) is 11.2. The summed E-state index contributed by atoms with van der Waals surface area (Å²) in [5.74, 6) is 0. The second-order valence-electron chi connectivity index (χ2n) is 8.09. The number of pyridine rings is 1. The number of hydrogen-bond donors (Lipinski definition) is 0. The highest BCUT2D eigenvalue weighted by molar-refractivity contribution is 5.33. The molecule has 3 aromatic rings. The molecule has 0 aliphatic carbocycles. The molecular formula is C26H31N3O3. The van der Waals surface area contributed by atoms with Crippen molar-refractivity contribution in [3.8, 4) is 0 Å². The Morgan fingerprint density at radius 3 is 2.28 bits per heavy atom. The monoisotopic (exact) mass is 433 g/mol. The van der Waals surface area contributed by atoms with Crippen LogP contribution >= 0.6 is 0 Å². The van der Waals surface area contributed by atoms with Gasteiger partial charge in [0.05, 0.1) is 11.5 Å². The van der Waals surface area contributed by atoms with E-state index in [1.165, 1.54) is 0 Å². The fourth-order valence-electron chi connectivity index (χ4n) is 4.09. The highest BCUT2D eigenvalue weighted by Crippen LogP contribution is 2.19. The zero-order valence-corrected chi connectivity index (χ0v) is 18.8. The maximum absolute atomic E-state index is 12.7. The predicted molar refractivity (Wildman–Crippen MR) is 128 cm³/mol. The zero-order valence-electron chi connectivity index (χ0n) is 18.8. The van der Waals surface area contributed by atoms with Gasteiger partial charge in [0.1, 0.15) is 0 Å². The number of nitro groups is 1. The Kier molecular flexibility index (Phi) is 8.34. The largest absolute Gasteiger partial charge is 0.307 e. The third kappa shape index (κ3) is 6.14. The summed E-state index contributed by atoms with van der Waals surface area (Å²) < 4.78 is 1.86. The molecular weight excluding hydrogens is 402 g/mol. The number of nitrogens with zero attached hydrogens (tertiary/aromatic N) is 3. The van der Waals surface area contributed by atoms with Crippen molar-refractivity contribution >= 4 is 5.69 Å². The smallest absolute Gasteiger partial charge is 0.269 e. The Labute approximate surface area is 189 Å². The summed E-state index contributed by atoms with van der Waals surface area (Å²) in [6.07, 6.45) is 2.77. The van der Waals surface area contributed by atoms with Crippen molar-refractivity contribution in [2.24, 2.45) is 0 Å². The normalized spacial score (nSPS) is 12.1. The number of nitro benzene ring substituents is 1. The fourth-order valence-corrected chi connectivity index (χ4v) is 4.09. The van der Waals surface area contributed by atoms with Crippen LogP contribution in [0, 0.1) is 10.1 Å². The van der Waals surface area contributed by atoms with Gasteiger partial charge in [0, 0.05) is 36.5 Å². The maximum Gasteiger partial charge on any atom is 0.269 e. The molecule has 0 saturated heterocycles. The Hall–Kier alpha value is -3.25. The molecule has 0 aliphatic rings. The molecule has 0 bridgehead atoms. The molecule has 6 heteroatoms. The molecule has 32 heavy (non-hydrogen) atoms. The molecule has 1 heterocycles. The molecule has 0 radical (unpaired) electrons. The summed E-state index contributed by atoms with van der Waals surface area (Å²) in [7, 11) is 0. The molecule has 1 atom stereocenters. The first-order valence-corrected chi connectivity index (χ1v) is 11.2. The lowest BCUT2D eigenvalue weighted by Gasteiger charge is -2.32. The molecule has 168 valence electrons. The van der Waals surface area contributed by atoms with Gasteiger partial charge in [0.15, 0.2) is 0 Å². The van der Waals surface area contributed by atoms with Gasteiger partial charge in [-0.25, -0.2) is 0 Å². The van der Waals surface area contributed by atoms with Crippen LogP contribution in [0.25, 0.3) is 0 Å². The van der Waals surface area contributed by atoms with Gasteiger partial charge in [-0.3, -0.25) is 19.8 Å². The lowest BCUT2D eigenvalue weighted by molar-refractivity contribution is -0.384. The summed E-state index contributed by atoms with van der Waals surface area (Å²) in [6.45, 7) is 6.48. The molecule has 0 spiro atoms. The van der Waals surface area contributed by atoms with Crippen LogP contribution in [0.4, 0.5) is 5.69 Å². The number of non-ortho nitro benzene ring substituents is 1. The number of benzene rings is 2. The average Bonchev–Trinajstić information content (AvgIpc) is 2.80. The van der Waals surface area contributed by atoms with Crippen LogP contribution in [0.5, 0.6) is 0 Å². The summed E-state index contributed by atoms with van der Waals surface area (Å²) in [5, 5.41) is 10.9. The number of aromatic nitrogens is 1. The summed E-state index contributed by atoms with van der Waals surface area (Å²) in [5.41, 5.74) is 3.30. The van der Waals surface area contributed by atoms with E-state index < -0.39 is 0 Å². The minimum absolute atomic E-state index is 0.00576. The zero-order chi connectivity index (χ0) is 22.9. The van der Waals surface area contributed by atoms with Crippen LogP contribution in [-0.4, -0.2) is 27.0 Å². The van der Waals surface area contributed by atoms with Crippen molar-refractivity contribution in [1.82, 2.24) is 9.47 Å². The van der Waals surface area contributed by atoms with E-state index in [0.717, 1.165) is 42.6 Å². The maximum atomic E-state index is 12.7. The van der Waals surface area contributed by atoms with Crippen molar-refractivity contribution in [2.75, 3.05) is 6.54 Å².